The number of hydrogen-bond acceptors (Lipinski definition) is 3. The van der Waals surface area contributed by atoms with Gasteiger partial charge in [0.05, 0.1) is 12.5 Å². The molecule has 0 radical (unpaired) electrons. The van der Waals surface area contributed by atoms with Gasteiger partial charge >= 0.3 is 0 Å². The third-order valence-electron chi connectivity index (χ3n) is 2.99. The van der Waals surface area contributed by atoms with Crippen LogP contribution in [0.15, 0.2) is 30.3 Å². The number of benzene rings is 1. The van der Waals surface area contributed by atoms with Gasteiger partial charge in [-0.05, 0) is 12.6 Å². The molecule has 1 rings (SSSR count). The molecule has 0 aliphatic rings. The zero-order chi connectivity index (χ0) is 14.1. The molecule has 0 N–H and O–H groups in total. The van der Waals surface area contributed by atoms with Gasteiger partial charge in [-0.15, -0.1) is 0 Å². The van der Waals surface area contributed by atoms with E-state index in [4.69, 9.17) is 5.26 Å². The molecule has 0 atom stereocenters. The van der Waals surface area contributed by atoms with Crippen LogP contribution in [0.2, 0.25) is 0 Å². The lowest BCUT2D eigenvalue weighted by Gasteiger charge is -2.19. The average Bonchev–Trinajstić information content (AvgIpc) is 2.43. The van der Waals surface area contributed by atoms with Crippen LogP contribution >= 0.6 is 0 Å². The van der Waals surface area contributed by atoms with Crippen molar-refractivity contribution in [2.75, 3.05) is 27.2 Å². The summed E-state index contributed by atoms with van der Waals surface area (Å²) in [6.07, 6.45) is 0.882. The smallest absolute Gasteiger partial charge is 0.223 e. The molecule has 0 saturated carbocycles. The van der Waals surface area contributed by atoms with Gasteiger partial charge in [0.2, 0.25) is 5.91 Å². The molecule has 0 heterocycles. The first-order valence-corrected chi connectivity index (χ1v) is 6.47. The van der Waals surface area contributed by atoms with Crippen LogP contribution in [0.25, 0.3) is 0 Å². The Hall–Kier alpha value is -1.86. The van der Waals surface area contributed by atoms with E-state index in [1.807, 2.05) is 31.3 Å². The van der Waals surface area contributed by atoms with Crippen molar-refractivity contribution in [3.05, 3.63) is 35.9 Å². The third-order valence-corrected chi connectivity index (χ3v) is 2.99. The lowest BCUT2D eigenvalue weighted by molar-refractivity contribution is -0.130. The Balaban J connectivity index is 2.28. The van der Waals surface area contributed by atoms with E-state index in [0.717, 1.165) is 13.1 Å². The lowest BCUT2D eigenvalue weighted by atomic mass is 10.2. The van der Waals surface area contributed by atoms with Crippen LogP contribution in [0.1, 0.15) is 18.4 Å². The predicted molar refractivity (Wildman–Crippen MR) is 75.3 cm³/mol. The number of nitrogens with zero attached hydrogens (tertiary/aromatic N) is 3. The van der Waals surface area contributed by atoms with E-state index >= 15 is 0 Å². The molecular formula is C15H21N3O. The van der Waals surface area contributed by atoms with Crippen molar-refractivity contribution in [3.8, 4) is 6.07 Å². The van der Waals surface area contributed by atoms with Gasteiger partial charge < -0.3 is 9.80 Å². The number of hydrogen-bond donors (Lipinski definition) is 0. The third kappa shape index (κ3) is 6.03. The summed E-state index contributed by atoms with van der Waals surface area (Å²) in [5, 5.41) is 8.48. The number of amides is 1. The molecule has 0 bridgehead atoms. The Bertz CT molecular complexity index is 425. The van der Waals surface area contributed by atoms with Crippen molar-refractivity contribution in [1.29, 1.82) is 5.26 Å². The predicted octanol–water partition coefficient (Wildman–Crippen LogP) is 1.88. The molecule has 102 valence electrons. The summed E-state index contributed by atoms with van der Waals surface area (Å²) < 4.78 is 0. The molecule has 0 spiro atoms. The zero-order valence-corrected chi connectivity index (χ0v) is 11.7. The minimum Gasteiger partial charge on any atom is -0.345 e. The summed E-state index contributed by atoms with van der Waals surface area (Å²) in [6, 6.07) is 12.2. The van der Waals surface area contributed by atoms with Gasteiger partial charge in [-0.1, -0.05) is 30.3 Å². The molecule has 0 aromatic heterocycles. The fraction of sp³-hybridized carbons (Fsp3) is 0.467. The minimum atomic E-state index is 0.0927. The molecule has 1 amide bonds. The number of carbonyl (C=O) groups excluding carboxylic acids is 1. The Labute approximate surface area is 115 Å². The standard InChI is InChI=1S/C15H21N3O/c1-17(13-14-7-4-3-5-8-14)12-9-15(19)18(2)11-6-10-16/h3-5,7-8H,6,9,11-13H2,1-2H3. The van der Waals surface area contributed by atoms with Gasteiger partial charge in [-0.25, -0.2) is 0 Å². The summed E-state index contributed by atoms with van der Waals surface area (Å²) in [4.78, 5) is 15.6. The van der Waals surface area contributed by atoms with E-state index in [0.29, 0.717) is 19.4 Å². The van der Waals surface area contributed by atoms with Crippen molar-refractivity contribution in [2.24, 2.45) is 0 Å². The molecule has 0 aliphatic heterocycles. The van der Waals surface area contributed by atoms with E-state index in [1.54, 1.807) is 11.9 Å². The fourth-order valence-corrected chi connectivity index (χ4v) is 1.79. The summed E-state index contributed by atoms with van der Waals surface area (Å²) in [5.74, 6) is 0.0927. The summed E-state index contributed by atoms with van der Waals surface area (Å²) in [6.45, 7) is 2.08. The van der Waals surface area contributed by atoms with Gasteiger partial charge in [0.15, 0.2) is 0 Å². The molecule has 0 saturated heterocycles. The second-order valence-electron chi connectivity index (χ2n) is 4.70. The SMILES string of the molecule is CN(CCC(=O)N(C)CCC#N)Cc1ccccc1. The first kappa shape index (κ1) is 15.2. The van der Waals surface area contributed by atoms with Crippen LogP contribution in [0.4, 0.5) is 0 Å². The van der Waals surface area contributed by atoms with Crippen LogP contribution in [0.5, 0.6) is 0 Å². The zero-order valence-electron chi connectivity index (χ0n) is 11.7. The normalized spacial score (nSPS) is 10.2. The maximum atomic E-state index is 11.8. The molecule has 0 aliphatic carbocycles. The highest BCUT2D eigenvalue weighted by molar-refractivity contribution is 5.76. The van der Waals surface area contributed by atoms with Gasteiger partial charge in [0, 0.05) is 33.1 Å². The largest absolute Gasteiger partial charge is 0.345 e. The van der Waals surface area contributed by atoms with Crippen LogP contribution < -0.4 is 0 Å². The fourth-order valence-electron chi connectivity index (χ4n) is 1.79. The van der Waals surface area contributed by atoms with Crippen molar-refractivity contribution in [2.45, 2.75) is 19.4 Å². The van der Waals surface area contributed by atoms with Crippen molar-refractivity contribution < 1.29 is 4.79 Å². The van der Waals surface area contributed by atoms with Crippen molar-refractivity contribution >= 4 is 5.91 Å². The number of carbonyl (C=O) groups is 1. The van der Waals surface area contributed by atoms with Gasteiger partial charge in [-0.3, -0.25) is 4.79 Å². The second-order valence-corrected chi connectivity index (χ2v) is 4.70. The van der Waals surface area contributed by atoms with E-state index in [1.165, 1.54) is 5.56 Å². The van der Waals surface area contributed by atoms with Crippen LogP contribution in [-0.2, 0) is 11.3 Å². The number of nitriles is 1. The average molecular weight is 259 g/mol. The maximum absolute atomic E-state index is 11.8. The Morgan fingerprint density at radius 2 is 1.89 bits per heavy atom. The van der Waals surface area contributed by atoms with E-state index in [-0.39, 0.29) is 5.91 Å². The second kappa shape index (κ2) is 8.28. The summed E-state index contributed by atoms with van der Waals surface area (Å²) in [5.41, 5.74) is 1.25. The molecule has 0 unspecified atom stereocenters. The lowest BCUT2D eigenvalue weighted by Crippen LogP contribution is -2.31. The van der Waals surface area contributed by atoms with E-state index < -0.39 is 0 Å². The van der Waals surface area contributed by atoms with Crippen LogP contribution in [-0.4, -0.2) is 42.9 Å². The molecule has 1 aromatic carbocycles. The quantitative estimate of drug-likeness (QED) is 0.751. The first-order valence-electron chi connectivity index (χ1n) is 6.47. The van der Waals surface area contributed by atoms with Crippen LogP contribution in [0, 0.1) is 11.3 Å². The Kier molecular flexibility index (Phi) is 6.62. The Morgan fingerprint density at radius 1 is 1.21 bits per heavy atom. The molecular weight excluding hydrogens is 238 g/mol. The Morgan fingerprint density at radius 3 is 2.53 bits per heavy atom. The van der Waals surface area contributed by atoms with Crippen molar-refractivity contribution in [3.63, 3.8) is 0 Å². The van der Waals surface area contributed by atoms with Gasteiger partial charge in [-0.2, -0.15) is 5.26 Å². The topological polar surface area (TPSA) is 47.3 Å². The molecule has 0 fully saturated rings. The highest BCUT2D eigenvalue weighted by Gasteiger charge is 2.09. The highest BCUT2D eigenvalue weighted by atomic mass is 16.2. The molecule has 19 heavy (non-hydrogen) atoms. The van der Waals surface area contributed by atoms with E-state index in [9.17, 15) is 4.79 Å². The van der Waals surface area contributed by atoms with Gasteiger partial charge in [0.25, 0.3) is 0 Å². The summed E-state index contributed by atoms with van der Waals surface area (Å²) in [7, 11) is 3.76. The van der Waals surface area contributed by atoms with Crippen LogP contribution in [0.3, 0.4) is 0 Å². The summed E-state index contributed by atoms with van der Waals surface area (Å²) >= 11 is 0. The van der Waals surface area contributed by atoms with E-state index in [2.05, 4.69) is 17.0 Å². The maximum Gasteiger partial charge on any atom is 0.223 e. The minimum absolute atomic E-state index is 0.0927. The van der Waals surface area contributed by atoms with Gasteiger partial charge in [0.1, 0.15) is 0 Å². The molecule has 4 heteroatoms. The highest BCUT2D eigenvalue weighted by Crippen LogP contribution is 2.03. The molecule has 1 aromatic rings. The molecule has 4 nitrogen and oxygen atoms in total. The van der Waals surface area contributed by atoms with Crippen molar-refractivity contribution in [1.82, 2.24) is 9.80 Å². The number of rotatable bonds is 7. The monoisotopic (exact) mass is 259 g/mol. The first-order chi connectivity index (χ1) is 9.13.